The zero-order valence-electron chi connectivity index (χ0n) is 15.5. The number of phenolic OH excluding ortho intramolecular Hbond substituents is 3. The molecule has 0 aliphatic rings. The molecular formula is C26H18O3. The van der Waals surface area contributed by atoms with E-state index >= 15 is 0 Å². The van der Waals surface area contributed by atoms with Gasteiger partial charge in [0, 0.05) is 0 Å². The van der Waals surface area contributed by atoms with Gasteiger partial charge in [-0.25, -0.2) is 0 Å². The van der Waals surface area contributed by atoms with Crippen molar-refractivity contribution >= 4 is 21.5 Å². The van der Waals surface area contributed by atoms with Gasteiger partial charge < -0.3 is 15.3 Å². The lowest BCUT2D eigenvalue weighted by Gasteiger charge is -2.10. The third kappa shape index (κ3) is 3.23. The molecule has 5 aromatic rings. The van der Waals surface area contributed by atoms with Crippen molar-refractivity contribution in [2.75, 3.05) is 0 Å². The Hall–Kier alpha value is -3.98. The van der Waals surface area contributed by atoms with Crippen LogP contribution in [0.5, 0.6) is 17.2 Å². The molecule has 140 valence electrons. The highest BCUT2D eigenvalue weighted by Crippen LogP contribution is 2.34. The second-order valence-electron chi connectivity index (χ2n) is 7.26. The predicted octanol–water partition coefficient (Wildman–Crippen LogP) is 6.44. The molecule has 29 heavy (non-hydrogen) atoms. The number of fused-ring (bicyclic) bond motifs is 2. The third-order valence-corrected chi connectivity index (χ3v) is 5.23. The van der Waals surface area contributed by atoms with Gasteiger partial charge >= 0.3 is 0 Å². The molecule has 5 rings (SSSR count). The molecule has 0 aromatic heterocycles. The average molecular weight is 378 g/mol. The molecular weight excluding hydrogens is 360 g/mol. The van der Waals surface area contributed by atoms with E-state index in [0.29, 0.717) is 0 Å². The summed E-state index contributed by atoms with van der Waals surface area (Å²) in [5, 5.41) is 33.6. The highest BCUT2D eigenvalue weighted by molar-refractivity contribution is 5.91. The van der Waals surface area contributed by atoms with E-state index in [2.05, 4.69) is 18.2 Å². The van der Waals surface area contributed by atoms with E-state index in [0.717, 1.165) is 43.8 Å². The number of phenols is 3. The summed E-state index contributed by atoms with van der Waals surface area (Å²) < 4.78 is 0. The maximum atomic E-state index is 10.3. The summed E-state index contributed by atoms with van der Waals surface area (Å²) in [7, 11) is 0. The molecule has 0 radical (unpaired) electrons. The summed E-state index contributed by atoms with van der Waals surface area (Å²) in [6.07, 6.45) is 0. The van der Waals surface area contributed by atoms with Gasteiger partial charge in [-0.15, -0.1) is 0 Å². The first-order valence-electron chi connectivity index (χ1n) is 9.36. The first kappa shape index (κ1) is 17.1. The fourth-order valence-corrected chi connectivity index (χ4v) is 3.77. The van der Waals surface area contributed by atoms with E-state index in [1.807, 2.05) is 36.4 Å². The minimum absolute atomic E-state index is 0.203. The van der Waals surface area contributed by atoms with E-state index in [9.17, 15) is 15.3 Å². The van der Waals surface area contributed by atoms with Crippen molar-refractivity contribution in [2.45, 2.75) is 0 Å². The Balaban J connectivity index is 1.62. The number of hydrogen-bond acceptors (Lipinski definition) is 3. The summed E-state index contributed by atoms with van der Waals surface area (Å²) in [4.78, 5) is 0. The SMILES string of the molecule is Oc1cc(-c2ccc3cc(O)ccc3c2)cc(-c2ccc3cc(O)ccc3c2)c1. The van der Waals surface area contributed by atoms with Gasteiger partial charge in [-0.2, -0.15) is 0 Å². The van der Waals surface area contributed by atoms with Crippen molar-refractivity contribution in [2.24, 2.45) is 0 Å². The highest BCUT2D eigenvalue weighted by Gasteiger charge is 2.07. The maximum Gasteiger partial charge on any atom is 0.116 e. The van der Waals surface area contributed by atoms with Gasteiger partial charge in [0.2, 0.25) is 0 Å². The average Bonchev–Trinajstić information content (AvgIpc) is 2.72. The van der Waals surface area contributed by atoms with Gasteiger partial charge in [0.15, 0.2) is 0 Å². The second-order valence-corrected chi connectivity index (χ2v) is 7.26. The van der Waals surface area contributed by atoms with Crippen LogP contribution in [0.15, 0.2) is 91.0 Å². The van der Waals surface area contributed by atoms with Crippen molar-refractivity contribution in [1.29, 1.82) is 0 Å². The number of benzene rings is 5. The largest absolute Gasteiger partial charge is 0.508 e. The standard InChI is InChI=1S/C26H18O3/c27-24-7-5-16-9-18(1-3-20(16)12-24)22-11-23(15-26(29)14-22)19-2-4-21-13-25(28)8-6-17(21)10-19/h1-15,27-29H. The minimum atomic E-state index is 0.203. The summed E-state index contributed by atoms with van der Waals surface area (Å²) in [5.74, 6) is 0.693. The quantitative estimate of drug-likeness (QED) is 0.331. The molecule has 0 amide bonds. The van der Waals surface area contributed by atoms with Gasteiger partial charge in [0.25, 0.3) is 0 Å². The first-order chi connectivity index (χ1) is 14.0. The van der Waals surface area contributed by atoms with Crippen LogP contribution < -0.4 is 0 Å². The molecule has 5 aromatic carbocycles. The normalized spacial score (nSPS) is 11.2. The monoisotopic (exact) mass is 378 g/mol. The van der Waals surface area contributed by atoms with Crippen molar-refractivity contribution in [1.82, 2.24) is 0 Å². The lowest BCUT2D eigenvalue weighted by molar-refractivity contribution is 0.475. The zero-order valence-corrected chi connectivity index (χ0v) is 15.5. The molecule has 3 heteroatoms. The van der Waals surface area contributed by atoms with E-state index in [4.69, 9.17) is 0 Å². The molecule has 0 fully saturated rings. The molecule has 3 nitrogen and oxygen atoms in total. The van der Waals surface area contributed by atoms with Crippen LogP contribution in [-0.4, -0.2) is 15.3 Å². The Kier molecular flexibility index (Phi) is 3.88. The van der Waals surface area contributed by atoms with Crippen molar-refractivity contribution in [3.8, 4) is 39.5 Å². The lowest BCUT2D eigenvalue weighted by Crippen LogP contribution is -1.84. The van der Waals surface area contributed by atoms with Crippen LogP contribution in [0.2, 0.25) is 0 Å². The van der Waals surface area contributed by atoms with Crippen LogP contribution in [0, 0.1) is 0 Å². The molecule has 0 saturated carbocycles. The smallest absolute Gasteiger partial charge is 0.116 e. The van der Waals surface area contributed by atoms with E-state index in [1.54, 1.807) is 36.4 Å². The molecule has 0 saturated heterocycles. The zero-order chi connectivity index (χ0) is 20.0. The van der Waals surface area contributed by atoms with Gasteiger partial charge in [-0.1, -0.05) is 36.4 Å². The third-order valence-electron chi connectivity index (χ3n) is 5.23. The van der Waals surface area contributed by atoms with Crippen LogP contribution in [0.3, 0.4) is 0 Å². The van der Waals surface area contributed by atoms with Crippen LogP contribution in [-0.2, 0) is 0 Å². The summed E-state index contributed by atoms with van der Waals surface area (Å²) in [6, 6.07) is 28.2. The van der Waals surface area contributed by atoms with Gasteiger partial charge in [-0.05, 0) is 98.4 Å². The number of hydrogen-bond donors (Lipinski definition) is 3. The highest BCUT2D eigenvalue weighted by atomic mass is 16.3. The molecule has 0 spiro atoms. The Morgan fingerprint density at radius 1 is 0.310 bits per heavy atom. The van der Waals surface area contributed by atoms with Crippen LogP contribution in [0.4, 0.5) is 0 Å². The lowest BCUT2D eigenvalue weighted by atomic mass is 9.95. The van der Waals surface area contributed by atoms with E-state index < -0.39 is 0 Å². The maximum absolute atomic E-state index is 10.3. The Morgan fingerprint density at radius 3 is 1.21 bits per heavy atom. The number of aromatic hydroxyl groups is 3. The Morgan fingerprint density at radius 2 is 0.724 bits per heavy atom. The van der Waals surface area contributed by atoms with E-state index in [1.165, 1.54) is 0 Å². The molecule has 0 atom stereocenters. The van der Waals surface area contributed by atoms with Crippen LogP contribution >= 0.6 is 0 Å². The first-order valence-corrected chi connectivity index (χ1v) is 9.36. The molecule has 0 bridgehead atoms. The topological polar surface area (TPSA) is 60.7 Å². The molecule has 0 aliphatic heterocycles. The van der Waals surface area contributed by atoms with Gasteiger partial charge in [0.05, 0.1) is 0 Å². The Labute approximate surface area is 167 Å². The number of rotatable bonds is 2. The minimum Gasteiger partial charge on any atom is -0.508 e. The Bertz CT molecular complexity index is 1280. The van der Waals surface area contributed by atoms with Crippen LogP contribution in [0.25, 0.3) is 43.8 Å². The van der Waals surface area contributed by atoms with Gasteiger partial charge in [-0.3, -0.25) is 0 Å². The fourth-order valence-electron chi connectivity index (χ4n) is 3.77. The summed E-state index contributed by atoms with van der Waals surface area (Å²) >= 11 is 0. The predicted molar refractivity (Wildman–Crippen MR) is 117 cm³/mol. The van der Waals surface area contributed by atoms with Gasteiger partial charge in [0.1, 0.15) is 17.2 Å². The fraction of sp³-hybridized carbons (Fsp3) is 0. The second kappa shape index (κ2) is 6.57. The van der Waals surface area contributed by atoms with E-state index in [-0.39, 0.29) is 17.2 Å². The summed E-state index contributed by atoms with van der Waals surface area (Å²) in [5.41, 5.74) is 3.82. The van der Waals surface area contributed by atoms with Crippen LogP contribution in [0.1, 0.15) is 0 Å². The molecule has 0 heterocycles. The molecule has 3 N–H and O–H groups in total. The van der Waals surface area contributed by atoms with Crippen molar-refractivity contribution < 1.29 is 15.3 Å². The van der Waals surface area contributed by atoms with Crippen molar-refractivity contribution in [3.63, 3.8) is 0 Å². The summed E-state index contributed by atoms with van der Waals surface area (Å²) in [6.45, 7) is 0. The van der Waals surface area contributed by atoms with Crippen molar-refractivity contribution in [3.05, 3.63) is 91.0 Å². The molecule has 0 aliphatic carbocycles. The molecule has 0 unspecified atom stereocenters.